The smallest absolute Gasteiger partial charge is 0.338 e. The van der Waals surface area contributed by atoms with Gasteiger partial charge in [-0.2, -0.15) is 5.10 Å². The number of hydrogen-bond acceptors (Lipinski definition) is 6. The van der Waals surface area contributed by atoms with E-state index in [-0.39, 0.29) is 33.8 Å². The van der Waals surface area contributed by atoms with Crippen LogP contribution in [0, 0.1) is 19.7 Å². The number of fused-ring (bicyclic) bond motifs is 1. The van der Waals surface area contributed by atoms with Gasteiger partial charge in [0.2, 0.25) is 0 Å². The van der Waals surface area contributed by atoms with Gasteiger partial charge in [0.05, 0.1) is 22.5 Å². The van der Waals surface area contributed by atoms with Crippen LogP contribution >= 0.6 is 0 Å². The second-order valence-electron chi connectivity index (χ2n) is 9.30. The Balaban J connectivity index is 1.56. The lowest BCUT2D eigenvalue weighted by Crippen LogP contribution is -2.26. The number of rotatable bonds is 6. The summed E-state index contributed by atoms with van der Waals surface area (Å²) in [4.78, 5) is 38.1. The molecule has 0 aliphatic carbocycles. The third kappa shape index (κ3) is 4.62. The monoisotopic (exact) mass is 539 g/mol. The molecule has 0 unspecified atom stereocenters. The summed E-state index contributed by atoms with van der Waals surface area (Å²) < 4.78 is 13.9. The van der Waals surface area contributed by atoms with Gasteiger partial charge in [-0.15, -0.1) is 0 Å². The number of phenols is 1. The van der Waals surface area contributed by atoms with Crippen LogP contribution in [-0.2, 0) is 4.79 Å². The van der Waals surface area contributed by atoms with Crippen molar-refractivity contribution in [3.8, 4) is 16.9 Å². The van der Waals surface area contributed by atoms with E-state index in [9.17, 15) is 34.1 Å². The van der Waals surface area contributed by atoms with E-state index in [1.54, 1.807) is 6.07 Å². The average molecular weight is 540 g/mol. The van der Waals surface area contributed by atoms with Crippen LogP contribution < -0.4 is 10.3 Å². The zero-order valence-corrected chi connectivity index (χ0v) is 21.3. The van der Waals surface area contributed by atoms with E-state index in [1.807, 2.05) is 32.0 Å². The lowest BCUT2D eigenvalue weighted by Gasteiger charge is -2.18. The number of para-hydroxylation sites is 1. The SMILES string of the molecule is Cc1cc(C)cc(N2C(=O)C(=NNc3cccc(-c4ccc(F)c(C(=O)O)c4)c3O)c3ccc(C(=O)O)cc32)c1. The molecule has 10 heteroatoms. The number of carboxylic acid groups (broad SMARTS) is 2. The van der Waals surface area contributed by atoms with Crippen LogP contribution in [0.4, 0.5) is 21.5 Å². The molecule has 200 valence electrons. The fourth-order valence-corrected chi connectivity index (χ4v) is 4.66. The largest absolute Gasteiger partial charge is 0.505 e. The van der Waals surface area contributed by atoms with Crippen LogP contribution in [-0.4, -0.2) is 38.9 Å². The van der Waals surface area contributed by atoms with Gasteiger partial charge in [-0.3, -0.25) is 15.1 Å². The van der Waals surface area contributed by atoms with E-state index in [0.29, 0.717) is 16.9 Å². The van der Waals surface area contributed by atoms with Crippen molar-refractivity contribution in [1.29, 1.82) is 0 Å². The fraction of sp³-hybridized carbons (Fsp3) is 0.0667. The molecule has 1 aliphatic rings. The number of phenolic OH excluding ortho intramolecular Hbond substituents is 1. The summed E-state index contributed by atoms with van der Waals surface area (Å²) in [5.41, 5.74) is 5.84. The first kappa shape index (κ1) is 26.1. The molecular formula is C30H22FN3O6. The molecule has 0 aromatic heterocycles. The molecule has 40 heavy (non-hydrogen) atoms. The van der Waals surface area contributed by atoms with Gasteiger partial charge < -0.3 is 15.3 Å². The van der Waals surface area contributed by atoms with E-state index in [1.165, 1.54) is 41.3 Å². The number of halogens is 1. The predicted octanol–water partition coefficient (Wildman–Crippen LogP) is 5.71. The molecule has 1 heterocycles. The summed E-state index contributed by atoms with van der Waals surface area (Å²) in [5.74, 6) is -4.30. The number of aryl methyl sites for hydroxylation is 2. The number of nitrogens with zero attached hydrogens (tertiary/aromatic N) is 2. The molecule has 0 bridgehead atoms. The molecule has 0 saturated heterocycles. The maximum atomic E-state index is 13.9. The Labute approximate surface area is 227 Å². The van der Waals surface area contributed by atoms with E-state index in [2.05, 4.69) is 10.5 Å². The highest BCUT2D eigenvalue weighted by atomic mass is 19.1. The number of carboxylic acids is 2. The number of aromatic carboxylic acids is 2. The van der Waals surface area contributed by atoms with Crippen molar-refractivity contribution in [2.45, 2.75) is 13.8 Å². The van der Waals surface area contributed by atoms with E-state index < -0.39 is 29.2 Å². The topological polar surface area (TPSA) is 140 Å². The number of carbonyl (C=O) groups is 3. The van der Waals surface area contributed by atoms with Gasteiger partial charge >= 0.3 is 11.9 Å². The number of amides is 1. The molecule has 4 N–H and O–H groups in total. The number of nitrogens with one attached hydrogen (secondary N) is 1. The van der Waals surface area contributed by atoms with Crippen LogP contribution in [0.5, 0.6) is 5.75 Å². The first-order valence-corrected chi connectivity index (χ1v) is 12.0. The zero-order chi connectivity index (χ0) is 28.7. The Morgan fingerprint density at radius 2 is 1.60 bits per heavy atom. The van der Waals surface area contributed by atoms with Crippen molar-refractivity contribution >= 4 is 40.6 Å². The maximum Gasteiger partial charge on any atom is 0.338 e. The lowest BCUT2D eigenvalue weighted by molar-refractivity contribution is -0.111. The lowest BCUT2D eigenvalue weighted by atomic mass is 10.0. The van der Waals surface area contributed by atoms with Crippen LogP contribution in [0.3, 0.4) is 0 Å². The highest BCUT2D eigenvalue weighted by Gasteiger charge is 2.36. The molecule has 9 nitrogen and oxygen atoms in total. The van der Waals surface area contributed by atoms with Gasteiger partial charge in [0, 0.05) is 16.8 Å². The second kappa shape index (κ2) is 9.99. The maximum absolute atomic E-state index is 13.9. The minimum atomic E-state index is -1.45. The predicted molar refractivity (Wildman–Crippen MR) is 147 cm³/mol. The third-order valence-corrected chi connectivity index (χ3v) is 6.44. The molecule has 0 saturated carbocycles. The van der Waals surface area contributed by atoms with E-state index >= 15 is 0 Å². The van der Waals surface area contributed by atoms with E-state index in [4.69, 9.17) is 0 Å². The van der Waals surface area contributed by atoms with Gasteiger partial charge in [0.15, 0.2) is 5.71 Å². The van der Waals surface area contributed by atoms with Gasteiger partial charge in [0.25, 0.3) is 5.91 Å². The first-order chi connectivity index (χ1) is 19.0. The summed E-state index contributed by atoms with van der Waals surface area (Å²) in [6.45, 7) is 3.77. The highest BCUT2D eigenvalue weighted by molar-refractivity contribution is 6.55. The Bertz CT molecular complexity index is 1740. The number of benzene rings is 4. The van der Waals surface area contributed by atoms with Crippen molar-refractivity contribution in [3.63, 3.8) is 0 Å². The van der Waals surface area contributed by atoms with Gasteiger partial charge in [-0.25, -0.2) is 14.0 Å². The zero-order valence-electron chi connectivity index (χ0n) is 21.3. The van der Waals surface area contributed by atoms with Crippen LogP contribution in [0.15, 0.2) is 77.9 Å². The Kier molecular flexibility index (Phi) is 6.52. The van der Waals surface area contributed by atoms with Crippen molar-refractivity contribution in [2.24, 2.45) is 5.10 Å². The molecule has 0 fully saturated rings. The minimum Gasteiger partial charge on any atom is -0.505 e. The molecule has 0 atom stereocenters. The normalized spacial score (nSPS) is 13.4. The molecule has 0 spiro atoms. The molecule has 4 aromatic rings. The molecule has 1 aliphatic heterocycles. The quantitative estimate of drug-likeness (QED) is 0.182. The van der Waals surface area contributed by atoms with Gasteiger partial charge in [-0.05, 0) is 79.1 Å². The molecule has 4 aromatic carbocycles. The molecule has 0 radical (unpaired) electrons. The molecule has 5 rings (SSSR count). The second-order valence-corrected chi connectivity index (χ2v) is 9.30. The Morgan fingerprint density at radius 3 is 2.27 bits per heavy atom. The number of hydrazone groups is 1. The van der Waals surface area contributed by atoms with Crippen LogP contribution in [0.1, 0.15) is 37.4 Å². The summed E-state index contributed by atoms with van der Waals surface area (Å²) in [6.07, 6.45) is 0. The highest BCUT2D eigenvalue weighted by Crippen LogP contribution is 2.39. The van der Waals surface area contributed by atoms with Gasteiger partial charge in [0.1, 0.15) is 11.6 Å². The van der Waals surface area contributed by atoms with E-state index in [0.717, 1.165) is 23.3 Å². The van der Waals surface area contributed by atoms with Crippen molar-refractivity contribution < 1.29 is 34.1 Å². The van der Waals surface area contributed by atoms with Crippen molar-refractivity contribution in [3.05, 3.63) is 106 Å². The van der Waals surface area contributed by atoms with Crippen molar-refractivity contribution in [1.82, 2.24) is 0 Å². The number of aromatic hydroxyl groups is 1. The molecular weight excluding hydrogens is 517 g/mol. The molecule has 1 amide bonds. The summed E-state index contributed by atoms with van der Waals surface area (Å²) in [5, 5.41) is 34.0. The standard InChI is InChI=1S/C30H22FN3O6/c1-15-10-16(2)12-19(11-15)34-25-14-18(29(37)38)6-8-21(25)26(28(34)36)33-32-24-5-3-4-20(27(24)35)17-7-9-23(31)22(13-17)30(39)40/h3-14,32,35H,1-2H3,(H,37,38)(H,39,40). The summed E-state index contributed by atoms with van der Waals surface area (Å²) >= 11 is 0. The number of anilines is 3. The first-order valence-electron chi connectivity index (χ1n) is 12.0. The van der Waals surface area contributed by atoms with Gasteiger partial charge in [-0.1, -0.05) is 24.3 Å². The summed E-state index contributed by atoms with van der Waals surface area (Å²) in [7, 11) is 0. The van der Waals surface area contributed by atoms with Crippen LogP contribution in [0.25, 0.3) is 11.1 Å². The Hall–Kier alpha value is -5.51. The Morgan fingerprint density at radius 1 is 0.875 bits per heavy atom. The summed E-state index contributed by atoms with van der Waals surface area (Å²) in [6, 6.07) is 17.9. The average Bonchev–Trinajstić information content (AvgIpc) is 3.18. The minimum absolute atomic E-state index is 0.000470. The van der Waals surface area contributed by atoms with Crippen LogP contribution in [0.2, 0.25) is 0 Å². The van der Waals surface area contributed by atoms with Crippen molar-refractivity contribution in [2.75, 3.05) is 10.3 Å². The third-order valence-electron chi connectivity index (χ3n) is 6.44. The number of carbonyl (C=O) groups excluding carboxylic acids is 1. The fourth-order valence-electron chi connectivity index (χ4n) is 4.66. The number of hydrogen-bond donors (Lipinski definition) is 4.